The molecule has 66 valence electrons. The van der Waals surface area contributed by atoms with Crippen molar-refractivity contribution in [1.82, 2.24) is 0 Å². The van der Waals surface area contributed by atoms with Gasteiger partial charge in [0.2, 0.25) is 0 Å². The van der Waals surface area contributed by atoms with Gasteiger partial charge in [0.15, 0.2) is 0 Å². The van der Waals surface area contributed by atoms with E-state index in [2.05, 4.69) is 24.9 Å². The first kappa shape index (κ1) is 9.64. The van der Waals surface area contributed by atoms with E-state index in [-0.39, 0.29) is 4.05 Å². The average molecular weight is 276 g/mol. The second-order valence-electron chi connectivity index (χ2n) is 2.39. The first-order valence-electron chi connectivity index (χ1n) is 3.79. The molecule has 1 unspecified atom stereocenters. The molecule has 1 rings (SSSR count). The van der Waals surface area contributed by atoms with Gasteiger partial charge in [-0.15, -0.1) is 0 Å². The fourth-order valence-electron chi connectivity index (χ4n) is 0.843. The van der Waals surface area contributed by atoms with Crippen LogP contribution in [0.2, 0.25) is 0 Å². The molecule has 2 nitrogen and oxygen atoms in total. The molecule has 0 aromatic heterocycles. The Hall–Kier alpha value is -0.450. The molecule has 3 heteroatoms. The van der Waals surface area contributed by atoms with Crippen LogP contribution in [0, 0.1) is 0 Å². The van der Waals surface area contributed by atoms with Gasteiger partial charge in [0.25, 0.3) is 0 Å². The average Bonchev–Trinajstić information content (AvgIpc) is 2.08. The van der Waals surface area contributed by atoms with Crippen LogP contribution in [-0.4, -0.2) is 16.0 Å². The molecule has 1 aliphatic heterocycles. The van der Waals surface area contributed by atoms with Crippen LogP contribution < -0.4 is 0 Å². The number of hydrogen-bond acceptors (Lipinski definition) is 2. The summed E-state index contributed by atoms with van der Waals surface area (Å²) in [4.78, 5) is 4.47. The van der Waals surface area contributed by atoms with Crippen LogP contribution in [0.3, 0.4) is 0 Å². The summed E-state index contributed by atoms with van der Waals surface area (Å²) in [6.45, 7) is 7.78. The first-order valence-corrected chi connectivity index (χ1v) is 7.24. The second-order valence-corrected chi connectivity index (χ2v) is 6.77. The molecule has 0 saturated heterocycles. The molecule has 1 aliphatic rings. The Labute approximate surface area is 80.9 Å². The van der Waals surface area contributed by atoms with Gasteiger partial charge in [0, 0.05) is 0 Å². The van der Waals surface area contributed by atoms with Gasteiger partial charge < -0.3 is 0 Å². The predicted molar refractivity (Wildman–Crippen MR) is 64.4 cm³/mol. The SMILES string of the molecule is C=CC1N=C(C)C=NI1/C=C\C. The Kier molecular flexibility index (Phi) is 3.65. The number of halogens is 1. The summed E-state index contributed by atoms with van der Waals surface area (Å²) in [5.41, 5.74) is 1.01. The number of hydrogen-bond donors (Lipinski definition) is 0. The number of allylic oxidation sites excluding steroid dienone is 1. The van der Waals surface area contributed by atoms with Crippen LogP contribution in [0.1, 0.15) is 13.8 Å². The Morgan fingerprint density at radius 1 is 1.67 bits per heavy atom. The molecular weight excluding hydrogens is 263 g/mol. The van der Waals surface area contributed by atoms with Gasteiger partial charge in [0.1, 0.15) is 0 Å². The van der Waals surface area contributed by atoms with Crippen molar-refractivity contribution in [3.63, 3.8) is 0 Å². The molecule has 0 radical (unpaired) electrons. The topological polar surface area (TPSA) is 24.7 Å². The van der Waals surface area contributed by atoms with Gasteiger partial charge in [-0.05, 0) is 0 Å². The van der Waals surface area contributed by atoms with Crippen LogP contribution >= 0.6 is 20.1 Å². The predicted octanol–water partition coefficient (Wildman–Crippen LogP) is 3.00. The maximum absolute atomic E-state index is 4.50. The van der Waals surface area contributed by atoms with Gasteiger partial charge in [0.05, 0.1) is 0 Å². The Morgan fingerprint density at radius 2 is 2.42 bits per heavy atom. The van der Waals surface area contributed by atoms with Crippen molar-refractivity contribution in [2.45, 2.75) is 17.9 Å². The quantitative estimate of drug-likeness (QED) is 0.320. The first-order chi connectivity index (χ1) is 5.77. The van der Waals surface area contributed by atoms with E-state index in [1.165, 1.54) is 0 Å². The number of aliphatic imine (C=N–C) groups is 1. The van der Waals surface area contributed by atoms with Gasteiger partial charge in [-0.3, -0.25) is 0 Å². The summed E-state index contributed by atoms with van der Waals surface area (Å²) >= 11 is -1.37. The minimum absolute atomic E-state index is 0.274. The van der Waals surface area contributed by atoms with Crippen LogP contribution in [0.5, 0.6) is 0 Å². The van der Waals surface area contributed by atoms with E-state index in [1.54, 1.807) is 0 Å². The zero-order chi connectivity index (χ0) is 8.97. The molecule has 0 aliphatic carbocycles. The molecule has 0 bridgehead atoms. The van der Waals surface area contributed by atoms with Gasteiger partial charge in [-0.2, -0.15) is 0 Å². The van der Waals surface area contributed by atoms with Gasteiger partial charge >= 0.3 is 80.9 Å². The molecule has 0 saturated carbocycles. The molecular formula is C9H13IN2. The van der Waals surface area contributed by atoms with Crippen LogP contribution in [0.4, 0.5) is 0 Å². The normalized spacial score (nSPS) is 26.0. The van der Waals surface area contributed by atoms with E-state index in [9.17, 15) is 0 Å². The van der Waals surface area contributed by atoms with Crippen molar-refractivity contribution in [2.24, 2.45) is 8.20 Å². The molecule has 0 amide bonds. The summed E-state index contributed by atoms with van der Waals surface area (Å²) in [5, 5.41) is 0. The summed E-state index contributed by atoms with van der Waals surface area (Å²) in [7, 11) is 0. The zero-order valence-corrected chi connectivity index (χ0v) is 9.52. The summed E-state index contributed by atoms with van der Waals surface area (Å²) in [6.07, 6.45) is 5.85. The van der Waals surface area contributed by atoms with Crippen LogP contribution in [0.25, 0.3) is 0 Å². The van der Waals surface area contributed by atoms with Crippen molar-refractivity contribution >= 4 is 32.0 Å². The summed E-state index contributed by atoms with van der Waals surface area (Å²) < 4.78 is 6.97. The van der Waals surface area contributed by atoms with Crippen molar-refractivity contribution in [3.8, 4) is 0 Å². The van der Waals surface area contributed by atoms with E-state index < -0.39 is 20.1 Å². The van der Waals surface area contributed by atoms with Crippen molar-refractivity contribution < 1.29 is 0 Å². The van der Waals surface area contributed by atoms with E-state index in [0.717, 1.165) is 5.71 Å². The molecule has 12 heavy (non-hydrogen) atoms. The van der Waals surface area contributed by atoms with Gasteiger partial charge in [-0.25, -0.2) is 0 Å². The van der Waals surface area contributed by atoms with E-state index in [0.29, 0.717) is 0 Å². The van der Waals surface area contributed by atoms with Crippen molar-refractivity contribution in [1.29, 1.82) is 0 Å². The second kappa shape index (κ2) is 4.54. The molecule has 0 spiro atoms. The number of rotatable bonds is 2. The molecule has 0 aromatic carbocycles. The third-order valence-electron chi connectivity index (χ3n) is 1.35. The Balaban J connectivity index is 2.79. The summed E-state index contributed by atoms with van der Waals surface area (Å²) in [6, 6.07) is 0. The minimum atomic E-state index is -1.37. The number of nitrogens with zero attached hydrogens (tertiary/aromatic N) is 2. The van der Waals surface area contributed by atoms with E-state index in [4.69, 9.17) is 0 Å². The van der Waals surface area contributed by atoms with Crippen LogP contribution in [-0.2, 0) is 0 Å². The zero-order valence-electron chi connectivity index (χ0n) is 7.37. The third-order valence-corrected chi connectivity index (χ3v) is 5.83. The van der Waals surface area contributed by atoms with Gasteiger partial charge in [-0.1, -0.05) is 0 Å². The standard InChI is InChI=1S/C9H13IN2/c1-4-6-10-9(5-2)12-8(3)7-11-10/h4-7,9H,2H2,1,3H3/b6-4-. The number of alkyl halides is 1. The molecule has 1 heterocycles. The van der Waals surface area contributed by atoms with Crippen molar-refractivity contribution in [3.05, 3.63) is 22.8 Å². The van der Waals surface area contributed by atoms with E-state index >= 15 is 0 Å². The maximum atomic E-state index is 4.50. The molecule has 0 fully saturated rings. The van der Waals surface area contributed by atoms with Crippen molar-refractivity contribution in [2.75, 3.05) is 0 Å². The van der Waals surface area contributed by atoms with Crippen LogP contribution in [0.15, 0.2) is 31.0 Å². The molecule has 0 N–H and O–H groups in total. The Bertz CT molecular complexity index is 253. The van der Waals surface area contributed by atoms with E-state index in [1.807, 2.05) is 26.1 Å². The molecule has 0 aromatic rings. The molecule has 1 atom stereocenters. The monoisotopic (exact) mass is 276 g/mol. The fraction of sp³-hybridized carbons (Fsp3) is 0.333. The Morgan fingerprint density at radius 3 is 3.00 bits per heavy atom. The fourth-order valence-corrected chi connectivity index (χ4v) is 4.49. The third kappa shape index (κ3) is 2.27. The summed E-state index contributed by atoms with van der Waals surface area (Å²) in [5.74, 6) is 0.